The van der Waals surface area contributed by atoms with Crippen LogP contribution in [0.4, 0.5) is 5.69 Å². The van der Waals surface area contributed by atoms with E-state index in [0.29, 0.717) is 6.67 Å². The average molecular weight is 324 g/mol. The molecule has 1 saturated heterocycles. The number of hydrogen-bond donors (Lipinski definition) is 2. The van der Waals surface area contributed by atoms with Gasteiger partial charge in [0.15, 0.2) is 0 Å². The van der Waals surface area contributed by atoms with Gasteiger partial charge in [0, 0.05) is 31.9 Å². The van der Waals surface area contributed by atoms with E-state index in [1.807, 2.05) is 36.4 Å². The van der Waals surface area contributed by atoms with Crippen LogP contribution in [0, 0.1) is 0 Å². The molecular formula is C18H20N4O2. The fourth-order valence-electron chi connectivity index (χ4n) is 3.26. The molecule has 0 bridgehead atoms. The number of H-pyrrole nitrogens is 1. The summed E-state index contributed by atoms with van der Waals surface area (Å²) in [7, 11) is 0. The van der Waals surface area contributed by atoms with Crippen molar-refractivity contribution >= 4 is 16.7 Å². The van der Waals surface area contributed by atoms with Gasteiger partial charge >= 0.3 is 5.69 Å². The van der Waals surface area contributed by atoms with Gasteiger partial charge < -0.3 is 15.0 Å². The van der Waals surface area contributed by atoms with Crippen LogP contribution < -0.4 is 10.6 Å². The standard InChI is InChI=1S/C18H20N4O2/c23-15-7-5-14(6-8-15)21-11-9-20(10-12-21)13-22-17-4-2-1-3-16(17)19-18(22)24/h1-8,23H,9-13H2,(H,19,24). The number of rotatable bonds is 3. The lowest BCUT2D eigenvalue weighted by molar-refractivity contribution is 0.206. The summed E-state index contributed by atoms with van der Waals surface area (Å²) in [5.41, 5.74) is 2.89. The molecule has 124 valence electrons. The molecular weight excluding hydrogens is 304 g/mol. The molecule has 24 heavy (non-hydrogen) atoms. The molecule has 0 radical (unpaired) electrons. The van der Waals surface area contributed by atoms with E-state index in [1.165, 1.54) is 0 Å². The minimum atomic E-state index is -0.0582. The topological polar surface area (TPSA) is 64.5 Å². The first-order valence-corrected chi connectivity index (χ1v) is 8.14. The zero-order chi connectivity index (χ0) is 16.5. The van der Waals surface area contributed by atoms with Gasteiger partial charge in [0.25, 0.3) is 0 Å². The first-order valence-electron chi connectivity index (χ1n) is 8.14. The van der Waals surface area contributed by atoms with Gasteiger partial charge in [0.05, 0.1) is 17.7 Å². The number of nitrogens with zero attached hydrogens (tertiary/aromatic N) is 3. The monoisotopic (exact) mass is 324 g/mol. The zero-order valence-electron chi connectivity index (χ0n) is 13.4. The summed E-state index contributed by atoms with van der Waals surface area (Å²) in [4.78, 5) is 19.7. The molecule has 0 saturated carbocycles. The molecule has 6 heteroatoms. The van der Waals surface area contributed by atoms with Gasteiger partial charge in [-0.15, -0.1) is 0 Å². The molecule has 1 aliphatic rings. The Labute approximate surface area is 139 Å². The summed E-state index contributed by atoms with van der Waals surface area (Å²) in [6.45, 7) is 4.20. The van der Waals surface area contributed by atoms with Crippen molar-refractivity contribution < 1.29 is 5.11 Å². The molecule has 1 aromatic heterocycles. The van der Waals surface area contributed by atoms with Crippen LogP contribution in [0.2, 0.25) is 0 Å². The number of para-hydroxylation sites is 2. The second-order valence-electron chi connectivity index (χ2n) is 6.14. The highest BCUT2D eigenvalue weighted by Gasteiger charge is 2.18. The zero-order valence-corrected chi connectivity index (χ0v) is 13.4. The van der Waals surface area contributed by atoms with Gasteiger partial charge in [-0.2, -0.15) is 0 Å². The summed E-state index contributed by atoms with van der Waals surface area (Å²) in [5, 5.41) is 9.39. The van der Waals surface area contributed by atoms with Crippen molar-refractivity contribution in [2.45, 2.75) is 6.67 Å². The van der Waals surface area contributed by atoms with E-state index in [4.69, 9.17) is 0 Å². The normalized spacial score (nSPS) is 15.9. The molecule has 2 N–H and O–H groups in total. The van der Waals surface area contributed by atoms with E-state index >= 15 is 0 Å². The van der Waals surface area contributed by atoms with Crippen molar-refractivity contribution in [3.05, 3.63) is 59.0 Å². The van der Waals surface area contributed by atoms with Crippen molar-refractivity contribution in [2.24, 2.45) is 0 Å². The first kappa shape index (κ1) is 14.8. The summed E-state index contributed by atoms with van der Waals surface area (Å²) in [6.07, 6.45) is 0. The number of aromatic amines is 1. The van der Waals surface area contributed by atoms with E-state index in [1.54, 1.807) is 16.7 Å². The van der Waals surface area contributed by atoms with Gasteiger partial charge in [-0.25, -0.2) is 4.79 Å². The van der Waals surface area contributed by atoms with Gasteiger partial charge in [-0.1, -0.05) is 12.1 Å². The third-order valence-corrected chi connectivity index (χ3v) is 4.61. The van der Waals surface area contributed by atoms with Crippen molar-refractivity contribution in [1.82, 2.24) is 14.5 Å². The highest BCUT2D eigenvalue weighted by atomic mass is 16.3. The molecule has 4 rings (SSSR count). The lowest BCUT2D eigenvalue weighted by Gasteiger charge is -2.36. The van der Waals surface area contributed by atoms with Crippen molar-refractivity contribution in [2.75, 3.05) is 31.1 Å². The second-order valence-corrected chi connectivity index (χ2v) is 6.14. The third kappa shape index (κ3) is 2.76. The largest absolute Gasteiger partial charge is 0.508 e. The highest BCUT2D eigenvalue weighted by molar-refractivity contribution is 5.74. The van der Waals surface area contributed by atoms with Crippen LogP contribution in [0.25, 0.3) is 11.0 Å². The van der Waals surface area contributed by atoms with E-state index in [2.05, 4.69) is 14.8 Å². The number of phenolic OH excluding ortho intramolecular Hbond substituents is 1. The lowest BCUT2D eigenvalue weighted by Crippen LogP contribution is -2.47. The third-order valence-electron chi connectivity index (χ3n) is 4.61. The van der Waals surface area contributed by atoms with Crippen LogP contribution in [0.15, 0.2) is 53.3 Å². The molecule has 3 aromatic rings. The number of piperazine rings is 1. The number of aromatic nitrogens is 2. The number of phenols is 1. The van der Waals surface area contributed by atoms with Crippen LogP contribution in [-0.4, -0.2) is 45.7 Å². The van der Waals surface area contributed by atoms with Crippen molar-refractivity contribution in [3.8, 4) is 5.75 Å². The molecule has 0 aliphatic carbocycles. The van der Waals surface area contributed by atoms with Gasteiger partial charge in [0.1, 0.15) is 5.75 Å². The fraction of sp³-hybridized carbons (Fsp3) is 0.278. The van der Waals surface area contributed by atoms with Crippen LogP contribution in [0.5, 0.6) is 5.75 Å². The molecule has 2 aromatic carbocycles. The van der Waals surface area contributed by atoms with Gasteiger partial charge in [0.2, 0.25) is 0 Å². The Hall–Kier alpha value is -2.73. The van der Waals surface area contributed by atoms with Crippen LogP contribution in [0.3, 0.4) is 0 Å². The van der Waals surface area contributed by atoms with E-state index < -0.39 is 0 Å². The highest BCUT2D eigenvalue weighted by Crippen LogP contribution is 2.20. The smallest absolute Gasteiger partial charge is 0.327 e. The number of anilines is 1. The Kier molecular flexibility index (Phi) is 3.74. The minimum Gasteiger partial charge on any atom is -0.508 e. The number of hydrogen-bond acceptors (Lipinski definition) is 4. The fourth-order valence-corrected chi connectivity index (χ4v) is 3.26. The van der Waals surface area contributed by atoms with Crippen molar-refractivity contribution in [1.29, 1.82) is 0 Å². The molecule has 0 amide bonds. The first-order chi connectivity index (χ1) is 11.7. The molecule has 1 fully saturated rings. The predicted molar refractivity (Wildman–Crippen MR) is 94.5 cm³/mol. The molecule has 0 unspecified atom stereocenters. The van der Waals surface area contributed by atoms with E-state index in [9.17, 15) is 9.90 Å². The molecule has 1 aliphatic heterocycles. The second kappa shape index (κ2) is 6.05. The number of aromatic hydroxyl groups is 1. The summed E-state index contributed by atoms with van der Waals surface area (Å²) < 4.78 is 1.80. The van der Waals surface area contributed by atoms with Crippen LogP contribution in [0.1, 0.15) is 0 Å². The van der Waals surface area contributed by atoms with Gasteiger partial charge in [-0.3, -0.25) is 9.47 Å². The van der Waals surface area contributed by atoms with E-state index in [-0.39, 0.29) is 11.4 Å². The number of benzene rings is 2. The number of nitrogens with one attached hydrogen (secondary N) is 1. The van der Waals surface area contributed by atoms with Crippen LogP contribution in [-0.2, 0) is 6.67 Å². The minimum absolute atomic E-state index is 0.0582. The number of imidazole rings is 1. The molecule has 6 nitrogen and oxygen atoms in total. The Bertz CT molecular complexity index is 889. The number of fused-ring (bicyclic) bond motifs is 1. The van der Waals surface area contributed by atoms with Crippen LogP contribution >= 0.6 is 0 Å². The summed E-state index contributed by atoms with van der Waals surface area (Å²) in [6, 6.07) is 15.1. The van der Waals surface area contributed by atoms with Crippen molar-refractivity contribution in [3.63, 3.8) is 0 Å². The Morgan fingerprint density at radius 1 is 0.958 bits per heavy atom. The maximum Gasteiger partial charge on any atom is 0.327 e. The quantitative estimate of drug-likeness (QED) is 0.771. The predicted octanol–water partition coefficient (Wildman–Crippen LogP) is 1.81. The Morgan fingerprint density at radius 3 is 2.42 bits per heavy atom. The Balaban J connectivity index is 1.45. The molecule has 0 atom stereocenters. The van der Waals surface area contributed by atoms with Gasteiger partial charge in [-0.05, 0) is 36.4 Å². The SMILES string of the molecule is O=c1[nH]c2ccccc2n1CN1CCN(c2ccc(O)cc2)CC1. The summed E-state index contributed by atoms with van der Waals surface area (Å²) >= 11 is 0. The maximum atomic E-state index is 12.2. The summed E-state index contributed by atoms with van der Waals surface area (Å²) in [5.74, 6) is 0.288. The Morgan fingerprint density at radius 2 is 1.67 bits per heavy atom. The maximum absolute atomic E-state index is 12.2. The molecule has 0 spiro atoms. The molecule has 2 heterocycles. The lowest BCUT2D eigenvalue weighted by atomic mass is 10.2. The van der Waals surface area contributed by atoms with E-state index in [0.717, 1.165) is 42.9 Å². The average Bonchev–Trinajstić information content (AvgIpc) is 2.92.